The first-order valence-electron chi connectivity index (χ1n) is 12.2. The summed E-state index contributed by atoms with van der Waals surface area (Å²) in [7, 11) is 3.34. The summed E-state index contributed by atoms with van der Waals surface area (Å²) >= 11 is 0. The average Bonchev–Trinajstić information content (AvgIpc) is 2.73. The van der Waals surface area contributed by atoms with Crippen LogP contribution in [-0.4, -0.2) is 34.9 Å². The zero-order valence-corrected chi connectivity index (χ0v) is 21.0. The highest BCUT2D eigenvalue weighted by atomic mass is 33.1. The Bertz CT molecular complexity index is 408. The smallest absolute Gasteiger partial charge is 0.303 e. The summed E-state index contributed by atoms with van der Waals surface area (Å²) in [6.45, 7) is 0. The molecule has 178 valence electrons. The molecule has 0 radical (unpaired) electrons. The van der Waals surface area contributed by atoms with Gasteiger partial charge in [-0.15, -0.1) is 0 Å². The molecule has 0 bridgehead atoms. The number of carboxylic acids is 1. The number of Topliss-reactive ketones (excluding diaryl/α,β-unsaturated/α-hetero) is 1. The van der Waals surface area contributed by atoms with E-state index in [4.69, 9.17) is 10.8 Å². The normalized spacial score (nSPS) is 12.2. The van der Waals surface area contributed by atoms with Gasteiger partial charge in [-0.1, -0.05) is 118 Å². The van der Waals surface area contributed by atoms with Crippen molar-refractivity contribution in [3.63, 3.8) is 0 Å². The first kappa shape index (κ1) is 29.8. The van der Waals surface area contributed by atoms with Crippen LogP contribution in [0.15, 0.2) is 0 Å². The number of ketones is 1. The lowest BCUT2D eigenvalue weighted by atomic mass is 10.0. The van der Waals surface area contributed by atoms with Crippen molar-refractivity contribution < 1.29 is 14.7 Å². The molecule has 0 saturated carbocycles. The van der Waals surface area contributed by atoms with Gasteiger partial charge in [-0.2, -0.15) is 0 Å². The fourth-order valence-corrected chi connectivity index (χ4v) is 4.96. The van der Waals surface area contributed by atoms with Gasteiger partial charge in [-0.05, 0) is 19.1 Å². The van der Waals surface area contributed by atoms with Crippen molar-refractivity contribution in [1.82, 2.24) is 0 Å². The van der Waals surface area contributed by atoms with E-state index >= 15 is 0 Å². The second-order valence-corrected chi connectivity index (χ2v) is 11.0. The lowest BCUT2D eigenvalue weighted by Crippen LogP contribution is -2.32. The molecule has 6 heteroatoms. The van der Waals surface area contributed by atoms with Gasteiger partial charge in [0.2, 0.25) is 0 Å². The van der Waals surface area contributed by atoms with Gasteiger partial charge in [-0.25, -0.2) is 0 Å². The van der Waals surface area contributed by atoms with Crippen LogP contribution in [-0.2, 0) is 9.59 Å². The molecular formula is C24H47NO3S2. The van der Waals surface area contributed by atoms with Crippen LogP contribution in [0.2, 0.25) is 0 Å². The molecule has 0 aliphatic heterocycles. The maximum atomic E-state index is 11.9. The number of rotatable bonds is 24. The van der Waals surface area contributed by atoms with Gasteiger partial charge in [0.15, 0.2) is 0 Å². The Morgan fingerprint density at radius 2 is 1.00 bits per heavy atom. The molecule has 30 heavy (non-hydrogen) atoms. The predicted molar refractivity (Wildman–Crippen MR) is 134 cm³/mol. The molecular weight excluding hydrogens is 414 g/mol. The monoisotopic (exact) mass is 461 g/mol. The summed E-state index contributed by atoms with van der Waals surface area (Å²) in [6, 6.07) is -0.280. The summed E-state index contributed by atoms with van der Waals surface area (Å²) in [4.78, 5) is 22.3. The van der Waals surface area contributed by atoms with E-state index in [9.17, 15) is 9.59 Å². The molecule has 1 unspecified atom stereocenters. The molecule has 0 aliphatic rings. The largest absolute Gasteiger partial charge is 0.481 e. The number of carboxylic acid groups (broad SMARTS) is 1. The van der Waals surface area contributed by atoms with Crippen LogP contribution >= 0.6 is 21.6 Å². The zero-order chi connectivity index (χ0) is 22.3. The number of aliphatic carboxylic acids is 1. The van der Waals surface area contributed by atoms with Gasteiger partial charge in [0.05, 0.1) is 6.04 Å². The van der Waals surface area contributed by atoms with E-state index in [1.54, 1.807) is 21.6 Å². The van der Waals surface area contributed by atoms with Crippen molar-refractivity contribution in [2.24, 2.45) is 5.73 Å². The summed E-state index contributed by atoms with van der Waals surface area (Å²) < 4.78 is 0. The average molecular weight is 462 g/mol. The molecule has 0 spiro atoms. The first-order valence-corrected chi connectivity index (χ1v) is 15.0. The molecule has 1 atom stereocenters. The molecule has 0 rings (SSSR count). The predicted octanol–water partition coefficient (Wildman–Crippen LogP) is 7.39. The third kappa shape index (κ3) is 22.5. The molecule has 0 amide bonds. The van der Waals surface area contributed by atoms with Gasteiger partial charge in [-0.3, -0.25) is 9.59 Å². The summed E-state index contributed by atoms with van der Waals surface area (Å²) in [5.74, 6) is 0.295. The quantitative estimate of drug-likeness (QED) is 0.115. The highest BCUT2D eigenvalue weighted by molar-refractivity contribution is 8.76. The van der Waals surface area contributed by atoms with Crippen molar-refractivity contribution in [1.29, 1.82) is 0 Å². The van der Waals surface area contributed by atoms with Gasteiger partial charge < -0.3 is 10.8 Å². The summed E-state index contributed by atoms with van der Waals surface area (Å²) in [6.07, 6.45) is 24.2. The molecule has 4 nitrogen and oxygen atoms in total. The van der Waals surface area contributed by atoms with Crippen LogP contribution in [0.25, 0.3) is 0 Å². The second-order valence-electron chi connectivity index (χ2n) is 8.43. The zero-order valence-electron chi connectivity index (χ0n) is 19.4. The third-order valence-electron chi connectivity index (χ3n) is 5.59. The van der Waals surface area contributed by atoms with E-state index < -0.39 is 5.97 Å². The van der Waals surface area contributed by atoms with Gasteiger partial charge in [0, 0.05) is 18.6 Å². The lowest BCUT2D eigenvalue weighted by molar-refractivity contribution is -0.137. The SMILES string of the molecule is CSSCC(N)C(=O)CCCCCCCCCCCCCCCCCCCC(=O)O. The van der Waals surface area contributed by atoms with Crippen molar-refractivity contribution in [2.75, 3.05) is 12.0 Å². The molecule has 0 aromatic rings. The van der Waals surface area contributed by atoms with Gasteiger partial charge in [0.1, 0.15) is 5.78 Å². The number of nitrogens with two attached hydrogens (primary N) is 1. The van der Waals surface area contributed by atoms with Crippen molar-refractivity contribution in [3.8, 4) is 0 Å². The van der Waals surface area contributed by atoms with Gasteiger partial charge >= 0.3 is 5.97 Å². The van der Waals surface area contributed by atoms with E-state index in [2.05, 4.69) is 0 Å². The van der Waals surface area contributed by atoms with Crippen LogP contribution in [0.4, 0.5) is 0 Å². The minimum atomic E-state index is -0.666. The molecule has 0 fully saturated rings. The summed E-state index contributed by atoms with van der Waals surface area (Å²) in [5, 5.41) is 8.59. The van der Waals surface area contributed by atoms with Crippen molar-refractivity contribution in [3.05, 3.63) is 0 Å². The molecule has 0 saturated heterocycles. The Labute approximate surface area is 193 Å². The third-order valence-corrected chi connectivity index (χ3v) is 7.44. The van der Waals surface area contributed by atoms with E-state index in [-0.39, 0.29) is 11.8 Å². The maximum Gasteiger partial charge on any atom is 0.303 e. The maximum absolute atomic E-state index is 11.9. The number of carbonyl (C=O) groups is 2. The van der Waals surface area contributed by atoms with E-state index in [1.165, 1.54) is 83.5 Å². The minimum absolute atomic E-state index is 0.229. The van der Waals surface area contributed by atoms with Gasteiger partial charge in [0.25, 0.3) is 0 Å². The topological polar surface area (TPSA) is 80.4 Å². The Morgan fingerprint density at radius 1 is 0.667 bits per heavy atom. The van der Waals surface area contributed by atoms with E-state index in [0.29, 0.717) is 12.8 Å². The van der Waals surface area contributed by atoms with Crippen molar-refractivity contribution in [2.45, 2.75) is 128 Å². The molecule has 0 heterocycles. The number of hydrogen-bond acceptors (Lipinski definition) is 5. The fourth-order valence-electron chi connectivity index (χ4n) is 3.65. The van der Waals surface area contributed by atoms with Crippen LogP contribution in [0.5, 0.6) is 0 Å². The van der Waals surface area contributed by atoms with E-state index in [0.717, 1.165) is 31.4 Å². The number of hydrogen-bond donors (Lipinski definition) is 2. The van der Waals surface area contributed by atoms with Crippen LogP contribution in [0.3, 0.4) is 0 Å². The highest BCUT2D eigenvalue weighted by Gasteiger charge is 2.12. The standard InChI is InChI=1S/C24H47NO3S2/c1-29-30-21-22(25)23(26)19-17-15-13-11-9-7-5-3-2-4-6-8-10-12-14-16-18-20-24(27)28/h22H,2-21,25H2,1H3,(H,27,28). The Kier molecular flexibility index (Phi) is 23.3. The Morgan fingerprint density at radius 3 is 1.33 bits per heavy atom. The first-order chi connectivity index (χ1) is 14.6. The summed E-state index contributed by atoms with van der Waals surface area (Å²) in [5.41, 5.74) is 5.89. The molecule has 0 aliphatic carbocycles. The Hall–Kier alpha value is -0.200. The minimum Gasteiger partial charge on any atom is -0.481 e. The molecule has 0 aromatic heterocycles. The van der Waals surface area contributed by atoms with Crippen molar-refractivity contribution >= 4 is 33.3 Å². The lowest BCUT2D eigenvalue weighted by Gasteiger charge is -2.08. The van der Waals surface area contributed by atoms with Crippen LogP contribution < -0.4 is 5.73 Å². The Balaban J connectivity index is 3.16. The molecule has 3 N–H and O–H groups in total. The second kappa shape index (κ2) is 23.5. The molecule has 0 aromatic carbocycles. The number of unbranched alkanes of at least 4 members (excludes halogenated alkanes) is 16. The highest BCUT2D eigenvalue weighted by Crippen LogP contribution is 2.18. The van der Waals surface area contributed by atoms with Crippen LogP contribution in [0, 0.1) is 0 Å². The van der Waals surface area contributed by atoms with E-state index in [1.807, 2.05) is 6.26 Å². The number of carbonyl (C=O) groups excluding carboxylic acids is 1. The van der Waals surface area contributed by atoms with Crippen LogP contribution in [0.1, 0.15) is 122 Å². The fraction of sp³-hybridized carbons (Fsp3) is 0.917.